The number of benzene rings is 7. The van der Waals surface area contributed by atoms with Gasteiger partial charge in [-0.25, -0.2) is 9.97 Å². The van der Waals surface area contributed by atoms with E-state index in [1.165, 1.54) is 69.4 Å². The van der Waals surface area contributed by atoms with Crippen LogP contribution in [-0.2, 0) is 0 Å². The number of para-hydroxylation sites is 4. The molecular weight excluding hydrogens is 641 g/mol. The van der Waals surface area contributed by atoms with Crippen LogP contribution in [0.1, 0.15) is 0 Å². The van der Waals surface area contributed by atoms with Gasteiger partial charge in [0, 0.05) is 48.0 Å². The molecule has 0 spiro atoms. The molecule has 0 saturated carbocycles. The van der Waals surface area contributed by atoms with E-state index >= 15 is 0 Å². The first-order chi connectivity index (χ1) is 25.3. The Morgan fingerprint density at radius 2 is 1.06 bits per heavy atom. The standard InChI is InChI=1S/C46H26N4S/c1-2-11-27(12-3-1)43-45(48-37-18-7-6-17-36(37)47-43)49-38-19-8-4-13-30(38)34-25-28(21-23-39(34)49)29-22-24-40-35(26-29)31-15-10-16-33-42-32-14-5-9-20-41(32)51-46(42)50(40)44(31)33/h1-26H. The minimum Gasteiger partial charge on any atom is -0.299 e. The fraction of sp³-hybridized carbons (Fsp3) is 0. The molecule has 7 aromatic carbocycles. The highest BCUT2D eigenvalue weighted by Crippen LogP contribution is 2.46. The minimum atomic E-state index is 0.832. The van der Waals surface area contributed by atoms with Crippen LogP contribution in [0.3, 0.4) is 0 Å². The van der Waals surface area contributed by atoms with Crippen LogP contribution in [0, 0.1) is 0 Å². The van der Waals surface area contributed by atoms with Crippen LogP contribution < -0.4 is 0 Å². The third kappa shape index (κ3) is 3.68. The van der Waals surface area contributed by atoms with Crippen molar-refractivity contribution in [1.82, 2.24) is 18.9 Å². The summed E-state index contributed by atoms with van der Waals surface area (Å²) < 4.78 is 6.13. The first-order valence-corrected chi connectivity index (χ1v) is 18.1. The molecule has 0 aliphatic carbocycles. The zero-order valence-corrected chi connectivity index (χ0v) is 28.0. The van der Waals surface area contributed by atoms with Crippen molar-refractivity contribution < 1.29 is 0 Å². The van der Waals surface area contributed by atoms with Crippen molar-refractivity contribution in [3.8, 4) is 28.2 Å². The molecule has 0 aliphatic rings. The topological polar surface area (TPSA) is 35.1 Å². The second kappa shape index (κ2) is 10.0. The molecule has 0 amide bonds. The molecule has 0 aliphatic heterocycles. The van der Waals surface area contributed by atoms with E-state index in [1.54, 1.807) is 0 Å². The number of aromatic nitrogens is 4. The van der Waals surface area contributed by atoms with Crippen LogP contribution in [0.4, 0.5) is 0 Å². The predicted octanol–water partition coefficient (Wildman–Crippen LogP) is 12.4. The third-order valence-corrected chi connectivity index (χ3v) is 11.8. The molecule has 5 heteroatoms. The van der Waals surface area contributed by atoms with Gasteiger partial charge in [0.05, 0.1) is 33.1 Å². The molecule has 12 aromatic rings. The molecular formula is C46H26N4S. The molecule has 0 saturated heterocycles. The molecule has 0 bridgehead atoms. The number of hydrogen-bond acceptors (Lipinski definition) is 3. The highest BCUT2D eigenvalue weighted by atomic mass is 32.1. The van der Waals surface area contributed by atoms with E-state index in [-0.39, 0.29) is 0 Å². The predicted molar refractivity (Wildman–Crippen MR) is 215 cm³/mol. The van der Waals surface area contributed by atoms with E-state index < -0.39 is 0 Å². The van der Waals surface area contributed by atoms with Gasteiger partial charge in [0.25, 0.3) is 0 Å². The van der Waals surface area contributed by atoms with Gasteiger partial charge in [0.1, 0.15) is 10.5 Å². The highest BCUT2D eigenvalue weighted by Gasteiger charge is 2.22. The number of thiophene rings is 1. The maximum atomic E-state index is 5.28. The SMILES string of the molecule is c1ccc(-c2nc3ccccc3nc2-n2c3ccccc3c3cc(-c4ccc5c(c4)c4cccc6c7c8ccccc8sc7n5c46)ccc32)cc1. The third-order valence-electron chi connectivity index (χ3n) is 10.7. The normalized spacial score (nSPS) is 12.3. The first-order valence-electron chi connectivity index (χ1n) is 17.3. The van der Waals surface area contributed by atoms with Crippen molar-refractivity contribution >= 4 is 91.7 Å². The smallest absolute Gasteiger partial charge is 0.165 e. The second-order valence-corrected chi connectivity index (χ2v) is 14.4. The number of hydrogen-bond donors (Lipinski definition) is 0. The molecule has 236 valence electrons. The van der Waals surface area contributed by atoms with Crippen molar-refractivity contribution in [2.24, 2.45) is 0 Å². The summed E-state index contributed by atoms with van der Waals surface area (Å²) >= 11 is 1.89. The number of fused-ring (bicyclic) bond motifs is 12. The summed E-state index contributed by atoms with van der Waals surface area (Å²) in [6, 6.07) is 56.6. The molecule has 0 radical (unpaired) electrons. The Kier molecular flexibility index (Phi) is 5.35. The van der Waals surface area contributed by atoms with E-state index in [0.717, 1.165) is 39.1 Å². The lowest BCUT2D eigenvalue weighted by Gasteiger charge is -2.14. The van der Waals surface area contributed by atoms with Crippen LogP contribution in [0.25, 0.3) is 109 Å². The zero-order chi connectivity index (χ0) is 33.2. The summed E-state index contributed by atoms with van der Waals surface area (Å²) in [5.74, 6) is 0.832. The largest absolute Gasteiger partial charge is 0.299 e. The molecule has 0 N–H and O–H groups in total. The molecule has 0 fully saturated rings. The molecule has 4 nitrogen and oxygen atoms in total. The molecule has 5 aromatic heterocycles. The summed E-state index contributed by atoms with van der Waals surface area (Å²) in [4.78, 5) is 11.8. The molecule has 12 rings (SSSR count). The van der Waals surface area contributed by atoms with Gasteiger partial charge in [-0.05, 0) is 59.7 Å². The summed E-state index contributed by atoms with van der Waals surface area (Å²) in [5, 5.41) is 9.02. The fourth-order valence-electron chi connectivity index (χ4n) is 8.43. The van der Waals surface area contributed by atoms with E-state index in [4.69, 9.17) is 9.97 Å². The summed E-state index contributed by atoms with van der Waals surface area (Å²) in [7, 11) is 0. The van der Waals surface area contributed by atoms with Crippen molar-refractivity contribution in [1.29, 1.82) is 0 Å². The van der Waals surface area contributed by atoms with Gasteiger partial charge in [0.15, 0.2) is 5.82 Å². The fourth-order valence-corrected chi connectivity index (χ4v) is 9.67. The molecule has 0 atom stereocenters. The maximum absolute atomic E-state index is 5.28. The van der Waals surface area contributed by atoms with Crippen LogP contribution in [-0.4, -0.2) is 18.9 Å². The summed E-state index contributed by atoms with van der Waals surface area (Å²) in [6.07, 6.45) is 0. The van der Waals surface area contributed by atoms with Crippen LogP contribution in [0.5, 0.6) is 0 Å². The molecule has 51 heavy (non-hydrogen) atoms. The lowest BCUT2D eigenvalue weighted by atomic mass is 10.00. The van der Waals surface area contributed by atoms with Crippen molar-refractivity contribution in [2.45, 2.75) is 0 Å². The highest BCUT2D eigenvalue weighted by molar-refractivity contribution is 7.25. The van der Waals surface area contributed by atoms with Gasteiger partial charge in [0.2, 0.25) is 0 Å². The van der Waals surface area contributed by atoms with Crippen LogP contribution in [0.15, 0.2) is 158 Å². The summed E-state index contributed by atoms with van der Waals surface area (Å²) in [6.45, 7) is 0. The molecule has 0 unspecified atom stereocenters. The lowest BCUT2D eigenvalue weighted by Crippen LogP contribution is -2.03. The average molecular weight is 667 g/mol. The Morgan fingerprint density at radius 1 is 0.431 bits per heavy atom. The zero-order valence-electron chi connectivity index (χ0n) is 27.2. The number of rotatable bonds is 3. The van der Waals surface area contributed by atoms with Gasteiger partial charge >= 0.3 is 0 Å². The van der Waals surface area contributed by atoms with Gasteiger partial charge < -0.3 is 0 Å². The van der Waals surface area contributed by atoms with Crippen molar-refractivity contribution in [3.05, 3.63) is 158 Å². The van der Waals surface area contributed by atoms with E-state index in [9.17, 15) is 0 Å². The van der Waals surface area contributed by atoms with Gasteiger partial charge in [-0.2, -0.15) is 0 Å². The lowest BCUT2D eigenvalue weighted by molar-refractivity contribution is 1.08. The van der Waals surface area contributed by atoms with Gasteiger partial charge in [-0.1, -0.05) is 109 Å². The summed E-state index contributed by atoms with van der Waals surface area (Å²) in [5.41, 5.74) is 10.9. The Balaban J connectivity index is 1.09. The number of nitrogens with zero attached hydrogens (tertiary/aromatic N) is 4. The van der Waals surface area contributed by atoms with Gasteiger partial charge in [-0.15, -0.1) is 11.3 Å². The quantitative estimate of drug-likeness (QED) is 0.188. The monoisotopic (exact) mass is 666 g/mol. The maximum Gasteiger partial charge on any atom is 0.165 e. The van der Waals surface area contributed by atoms with Crippen LogP contribution >= 0.6 is 11.3 Å². The van der Waals surface area contributed by atoms with Crippen molar-refractivity contribution in [2.75, 3.05) is 0 Å². The second-order valence-electron chi connectivity index (χ2n) is 13.4. The Bertz CT molecular complexity index is 3370. The van der Waals surface area contributed by atoms with Crippen LogP contribution in [0.2, 0.25) is 0 Å². The van der Waals surface area contributed by atoms with E-state index in [2.05, 4.69) is 136 Å². The first kappa shape index (κ1) is 27.3. The average Bonchev–Trinajstić information content (AvgIpc) is 3.92. The Hall–Kier alpha value is -6.56. The van der Waals surface area contributed by atoms with Gasteiger partial charge in [-0.3, -0.25) is 8.97 Å². The Morgan fingerprint density at radius 3 is 1.90 bits per heavy atom. The minimum absolute atomic E-state index is 0.832. The van der Waals surface area contributed by atoms with E-state index in [1.807, 2.05) is 41.7 Å². The van der Waals surface area contributed by atoms with E-state index in [0.29, 0.717) is 0 Å². The Labute approximate surface area is 295 Å². The van der Waals surface area contributed by atoms with Crippen molar-refractivity contribution in [3.63, 3.8) is 0 Å². The molecule has 5 heterocycles.